The molecule has 156 valence electrons. The molecule has 1 saturated heterocycles. The molecule has 0 aliphatic carbocycles. The van der Waals surface area contributed by atoms with Gasteiger partial charge in [0, 0.05) is 0 Å². The number of fused-ring (bicyclic) bond motifs is 1. The Kier molecular flexibility index (Phi) is 5.58. The number of ether oxygens (including phenoxy) is 1. The van der Waals surface area contributed by atoms with Crippen molar-refractivity contribution < 1.29 is 43.7 Å². The summed E-state index contributed by atoms with van der Waals surface area (Å²) in [5.41, 5.74) is -0.843. The Balaban J connectivity index is 1.88. The lowest BCUT2D eigenvalue weighted by molar-refractivity contribution is -0.125. The number of anilines is 2. The van der Waals surface area contributed by atoms with Crippen molar-refractivity contribution in [2.24, 2.45) is 0 Å². The second kappa shape index (κ2) is 7.50. The minimum atomic E-state index is -4.83. The van der Waals surface area contributed by atoms with Gasteiger partial charge in [-0.3, -0.25) is 19.0 Å². The minimum Gasteiger partial charge on any atom is -0.387 e. The summed E-state index contributed by atoms with van der Waals surface area (Å²) < 4.78 is 20.6. The third kappa shape index (κ3) is 3.81. The van der Waals surface area contributed by atoms with E-state index in [0.717, 1.165) is 11.2 Å². The molecule has 1 aromatic heterocycles. The molecule has 28 heavy (non-hydrogen) atoms. The van der Waals surface area contributed by atoms with Crippen LogP contribution < -0.4 is 15.4 Å². The number of hydrogen-bond donors (Lipinski definition) is 6. The Bertz CT molecular complexity index is 856. The average Bonchev–Trinajstić information content (AvgIpc) is 3.12. The number of aliphatic hydroxyl groups is 3. The molecule has 3 heterocycles. The van der Waals surface area contributed by atoms with Gasteiger partial charge in [-0.15, -0.1) is 0 Å². The summed E-state index contributed by atoms with van der Waals surface area (Å²) in [5, 5.41) is 30.0. The quantitative estimate of drug-likeness (QED) is 0.260. The smallest absolute Gasteiger partial charge is 0.387 e. The number of phosphoric ester groups is 1. The summed E-state index contributed by atoms with van der Waals surface area (Å²) in [6, 6.07) is 0. The molecule has 0 aromatic carbocycles. The largest absolute Gasteiger partial charge is 0.469 e. The number of carbonyl (C=O) groups excluding carboxylic acids is 1. The number of nitrogens with zero attached hydrogens (tertiary/aromatic N) is 3. The fourth-order valence-corrected chi connectivity index (χ4v) is 3.37. The van der Waals surface area contributed by atoms with Crippen molar-refractivity contribution in [3.8, 4) is 0 Å². The van der Waals surface area contributed by atoms with Gasteiger partial charge in [-0.05, 0) is 6.92 Å². The van der Waals surface area contributed by atoms with Crippen LogP contribution in [-0.4, -0.2) is 84.9 Å². The standard InChI is InChI=1S/C13H19N4O10P/c1-5(18)12(22)16-4-17(10-7(16)11(21)15-3-14-10)13-9(20)8(19)6(27-13)2-26-28(23,24)25/h3,5-6,8-9,13,18-20H,2,4H2,1H3,(H,14,15,21)(H2,23,24,25)/t5?,6-,8-,9-,13-/m1/s1. The number of nitrogens with one attached hydrogen (secondary N) is 1. The van der Waals surface area contributed by atoms with Crippen LogP contribution in [0.3, 0.4) is 0 Å². The van der Waals surface area contributed by atoms with Gasteiger partial charge in [0.15, 0.2) is 17.7 Å². The second-order valence-electron chi connectivity index (χ2n) is 6.29. The Morgan fingerprint density at radius 3 is 2.75 bits per heavy atom. The van der Waals surface area contributed by atoms with E-state index in [0.29, 0.717) is 0 Å². The molecule has 0 bridgehead atoms. The topological polar surface area (TPSA) is 206 Å². The normalized spacial score (nSPS) is 28.5. The highest BCUT2D eigenvalue weighted by atomic mass is 31.2. The van der Waals surface area contributed by atoms with Crippen molar-refractivity contribution in [1.82, 2.24) is 9.97 Å². The zero-order valence-corrected chi connectivity index (χ0v) is 15.3. The lowest BCUT2D eigenvalue weighted by atomic mass is 10.1. The lowest BCUT2D eigenvalue weighted by Gasteiger charge is -2.28. The van der Waals surface area contributed by atoms with Crippen LogP contribution in [0.4, 0.5) is 11.5 Å². The summed E-state index contributed by atoms with van der Waals surface area (Å²) >= 11 is 0. The van der Waals surface area contributed by atoms with Gasteiger partial charge in [0.25, 0.3) is 11.5 Å². The number of hydrogen-bond acceptors (Lipinski definition) is 10. The predicted octanol–water partition coefficient (Wildman–Crippen LogP) is -3.18. The van der Waals surface area contributed by atoms with Crippen LogP contribution in [0.15, 0.2) is 11.1 Å². The Morgan fingerprint density at radius 2 is 2.14 bits per heavy atom. The number of aliphatic hydroxyl groups excluding tert-OH is 3. The van der Waals surface area contributed by atoms with E-state index in [1.54, 1.807) is 0 Å². The highest BCUT2D eigenvalue weighted by molar-refractivity contribution is 7.46. The molecule has 0 spiro atoms. The van der Waals surface area contributed by atoms with E-state index in [9.17, 15) is 29.5 Å². The van der Waals surface area contributed by atoms with E-state index >= 15 is 0 Å². The maximum Gasteiger partial charge on any atom is 0.469 e. The first-order valence-corrected chi connectivity index (χ1v) is 9.59. The number of H-pyrrole nitrogens is 1. The fraction of sp³-hybridized carbons (Fsp3) is 0.615. The van der Waals surface area contributed by atoms with Gasteiger partial charge in [0.05, 0.1) is 12.9 Å². The zero-order chi connectivity index (χ0) is 20.8. The molecule has 1 aromatic rings. The molecular formula is C13H19N4O10P. The Morgan fingerprint density at radius 1 is 1.46 bits per heavy atom. The summed E-state index contributed by atoms with van der Waals surface area (Å²) in [6.45, 7) is 0.188. The van der Waals surface area contributed by atoms with E-state index in [2.05, 4.69) is 14.5 Å². The number of aromatic nitrogens is 2. The van der Waals surface area contributed by atoms with Crippen molar-refractivity contribution in [2.75, 3.05) is 23.1 Å². The molecule has 3 rings (SSSR count). The molecule has 15 heteroatoms. The van der Waals surface area contributed by atoms with Gasteiger partial charge < -0.3 is 39.7 Å². The van der Waals surface area contributed by atoms with Crippen molar-refractivity contribution >= 4 is 25.2 Å². The van der Waals surface area contributed by atoms with Crippen LogP contribution in [0, 0.1) is 0 Å². The first kappa shape index (κ1) is 20.8. The maximum atomic E-state index is 12.3. The van der Waals surface area contributed by atoms with Crippen LogP contribution in [0.1, 0.15) is 6.92 Å². The van der Waals surface area contributed by atoms with Crippen LogP contribution in [0.5, 0.6) is 0 Å². The molecular weight excluding hydrogens is 403 g/mol. The van der Waals surface area contributed by atoms with Gasteiger partial charge in [-0.25, -0.2) is 9.55 Å². The third-order valence-corrected chi connectivity index (χ3v) is 4.81. The van der Waals surface area contributed by atoms with E-state index in [1.807, 2.05) is 0 Å². The Hall–Kier alpha value is -1.90. The number of phosphoric acid groups is 1. The van der Waals surface area contributed by atoms with E-state index in [-0.39, 0.29) is 18.2 Å². The fourth-order valence-electron chi connectivity index (χ4n) is 3.03. The van der Waals surface area contributed by atoms with Crippen LogP contribution in [0.2, 0.25) is 0 Å². The highest BCUT2D eigenvalue weighted by Crippen LogP contribution is 2.39. The summed E-state index contributed by atoms with van der Waals surface area (Å²) in [4.78, 5) is 50.4. The molecule has 2 aliphatic heterocycles. The first-order chi connectivity index (χ1) is 13.0. The van der Waals surface area contributed by atoms with Crippen molar-refractivity contribution in [2.45, 2.75) is 37.6 Å². The van der Waals surface area contributed by atoms with E-state index < -0.39 is 56.5 Å². The van der Waals surface area contributed by atoms with Gasteiger partial charge >= 0.3 is 7.82 Å². The van der Waals surface area contributed by atoms with Crippen LogP contribution in [0.25, 0.3) is 0 Å². The number of amides is 1. The minimum absolute atomic E-state index is 0.0365. The van der Waals surface area contributed by atoms with Gasteiger partial charge in [-0.2, -0.15) is 0 Å². The molecule has 1 amide bonds. The first-order valence-electron chi connectivity index (χ1n) is 8.06. The van der Waals surface area contributed by atoms with Crippen molar-refractivity contribution in [3.05, 3.63) is 16.7 Å². The molecule has 2 aliphatic rings. The Labute approximate surface area is 157 Å². The summed E-state index contributed by atoms with van der Waals surface area (Å²) in [7, 11) is -4.83. The van der Waals surface area contributed by atoms with Gasteiger partial charge in [-0.1, -0.05) is 0 Å². The summed E-state index contributed by atoms with van der Waals surface area (Å²) in [5.74, 6) is -0.831. The lowest BCUT2D eigenvalue weighted by Crippen LogP contribution is -2.48. The second-order valence-corrected chi connectivity index (χ2v) is 7.53. The van der Waals surface area contributed by atoms with E-state index in [4.69, 9.17) is 14.5 Å². The highest BCUT2D eigenvalue weighted by Gasteiger charge is 2.50. The van der Waals surface area contributed by atoms with Gasteiger partial charge in [0.2, 0.25) is 0 Å². The van der Waals surface area contributed by atoms with Gasteiger partial charge in [0.1, 0.15) is 31.1 Å². The van der Waals surface area contributed by atoms with Crippen LogP contribution in [-0.2, 0) is 18.6 Å². The predicted molar refractivity (Wildman–Crippen MR) is 90.0 cm³/mol. The monoisotopic (exact) mass is 422 g/mol. The van der Waals surface area contributed by atoms with Crippen molar-refractivity contribution in [1.29, 1.82) is 0 Å². The van der Waals surface area contributed by atoms with Crippen LogP contribution >= 0.6 is 7.82 Å². The number of carbonyl (C=O) groups is 1. The van der Waals surface area contributed by atoms with Crippen molar-refractivity contribution in [3.63, 3.8) is 0 Å². The number of aromatic amines is 1. The molecule has 1 unspecified atom stereocenters. The molecule has 1 fully saturated rings. The van der Waals surface area contributed by atoms with E-state index in [1.165, 1.54) is 11.8 Å². The maximum absolute atomic E-state index is 12.3. The number of rotatable bonds is 5. The molecule has 0 saturated carbocycles. The third-order valence-electron chi connectivity index (χ3n) is 4.32. The molecule has 6 N–H and O–H groups in total. The SMILES string of the molecule is CC(O)C(=O)N1CN([C@@H]2O[C@H](COP(=O)(O)O)[C@@H](O)[C@H]2O)c2nc[nH]c(=O)c21. The molecule has 5 atom stereocenters. The summed E-state index contributed by atoms with van der Waals surface area (Å²) in [6.07, 6.45) is -6.09. The zero-order valence-electron chi connectivity index (χ0n) is 14.4. The average molecular weight is 422 g/mol. The molecule has 14 nitrogen and oxygen atoms in total. The molecule has 0 radical (unpaired) electrons.